The third-order valence-corrected chi connectivity index (χ3v) is 3.79. The van der Waals surface area contributed by atoms with Crippen LogP contribution in [0, 0.1) is 0 Å². The van der Waals surface area contributed by atoms with Crippen LogP contribution in [0.15, 0.2) is 24.5 Å². The molecule has 1 N–H and O–H groups in total. The largest absolute Gasteiger partial charge is 0.314 e. The van der Waals surface area contributed by atoms with Crippen LogP contribution in [-0.2, 0) is 4.79 Å². The van der Waals surface area contributed by atoms with Crippen molar-refractivity contribution in [3.8, 4) is 0 Å². The number of rotatable bonds is 3. The van der Waals surface area contributed by atoms with Crippen LogP contribution < -0.4 is 10.2 Å². The van der Waals surface area contributed by atoms with Gasteiger partial charge >= 0.3 is 0 Å². The third kappa shape index (κ3) is 2.93. The number of piperazine rings is 1. The van der Waals surface area contributed by atoms with Crippen molar-refractivity contribution < 1.29 is 4.79 Å². The van der Waals surface area contributed by atoms with Crippen LogP contribution in [0.5, 0.6) is 0 Å². The van der Waals surface area contributed by atoms with Crippen LogP contribution in [0.3, 0.4) is 0 Å². The highest BCUT2D eigenvalue weighted by molar-refractivity contribution is 5.99. The molecule has 2 rings (SSSR count). The molecule has 1 amide bonds. The maximum Gasteiger partial charge on any atom is 0.246 e. The average Bonchev–Trinajstić information content (AvgIpc) is 2.47. The number of carbonyl (C=O) groups is 1. The summed E-state index contributed by atoms with van der Waals surface area (Å²) in [5.41, 5.74) is 0.392. The first kappa shape index (κ1) is 14.0. The van der Waals surface area contributed by atoms with Crippen molar-refractivity contribution in [1.82, 2.24) is 15.2 Å². The molecule has 0 aromatic carbocycles. The molecule has 0 saturated carbocycles. The van der Waals surface area contributed by atoms with Crippen LogP contribution in [0.25, 0.3) is 0 Å². The fraction of sp³-hybridized carbons (Fsp3) is 0.571. The van der Waals surface area contributed by atoms with Gasteiger partial charge in [-0.15, -0.1) is 0 Å². The van der Waals surface area contributed by atoms with Crippen molar-refractivity contribution in [3.63, 3.8) is 0 Å². The summed E-state index contributed by atoms with van der Waals surface area (Å²) in [5, 5.41) is 3.31. The minimum absolute atomic E-state index is 0.112. The number of hydrogen-bond donors (Lipinski definition) is 1. The number of nitrogens with one attached hydrogen (secondary N) is 1. The maximum atomic E-state index is 12.7. The number of anilines is 1. The summed E-state index contributed by atoms with van der Waals surface area (Å²) < 4.78 is 0. The molecule has 1 aromatic heterocycles. The fourth-order valence-electron chi connectivity index (χ4n) is 2.45. The zero-order chi connectivity index (χ0) is 13.9. The second-order valence-electron chi connectivity index (χ2n) is 5.37. The van der Waals surface area contributed by atoms with Gasteiger partial charge in [0.2, 0.25) is 5.91 Å². The van der Waals surface area contributed by atoms with Gasteiger partial charge < -0.3 is 10.2 Å². The lowest BCUT2D eigenvalue weighted by atomic mass is 9.99. The number of hydrogen-bond acceptors (Lipinski definition) is 4. The molecule has 5 heteroatoms. The first-order valence-electron chi connectivity index (χ1n) is 6.67. The molecule has 0 spiro atoms. The van der Waals surface area contributed by atoms with Crippen molar-refractivity contribution in [3.05, 3.63) is 24.5 Å². The van der Waals surface area contributed by atoms with Gasteiger partial charge in [0.1, 0.15) is 0 Å². The Labute approximate surface area is 114 Å². The van der Waals surface area contributed by atoms with E-state index in [2.05, 4.69) is 15.2 Å². The second-order valence-corrected chi connectivity index (χ2v) is 5.37. The Morgan fingerprint density at radius 2 is 1.89 bits per heavy atom. The van der Waals surface area contributed by atoms with Gasteiger partial charge in [-0.25, -0.2) is 0 Å². The van der Waals surface area contributed by atoms with Crippen LogP contribution in [0.4, 0.5) is 5.69 Å². The van der Waals surface area contributed by atoms with E-state index >= 15 is 0 Å². The van der Waals surface area contributed by atoms with E-state index in [4.69, 9.17) is 0 Å². The molecule has 0 radical (unpaired) electrons. The summed E-state index contributed by atoms with van der Waals surface area (Å²) in [5.74, 6) is 0.112. The van der Waals surface area contributed by atoms with E-state index in [0.717, 1.165) is 31.9 Å². The van der Waals surface area contributed by atoms with Crippen molar-refractivity contribution in [2.75, 3.05) is 38.1 Å². The molecule has 1 saturated heterocycles. The molecule has 0 aliphatic carbocycles. The SMILES string of the molecule is CN(C(=O)C(C)(C)N1CCNCC1)c1ccncc1. The van der Waals surface area contributed by atoms with Crippen LogP contribution >= 0.6 is 0 Å². The van der Waals surface area contributed by atoms with Crippen molar-refractivity contribution in [2.24, 2.45) is 0 Å². The monoisotopic (exact) mass is 262 g/mol. The Hall–Kier alpha value is -1.46. The van der Waals surface area contributed by atoms with Gasteiger partial charge in [-0.1, -0.05) is 0 Å². The second kappa shape index (κ2) is 5.67. The van der Waals surface area contributed by atoms with E-state index in [1.165, 1.54) is 0 Å². The average molecular weight is 262 g/mol. The normalized spacial score (nSPS) is 17.2. The minimum atomic E-state index is -0.486. The Kier molecular flexibility index (Phi) is 4.17. The van der Waals surface area contributed by atoms with Crippen molar-refractivity contribution in [2.45, 2.75) is 19.4 Å². The zero-order valence-corrected chi connectivity index (χ0v) is 11.9. The molecular weight excluding hydrogens is 240 g/mol. The van der Waals surface area contributed by atoms with Crippen LogP contribution in [0.1, 0.15) is 13.8 Å². The molecule has 104 valence electrons. The van der Waals surface area contributed by atoms with Gasteiger partial charge in [-0.2, -0.15) is 0 Å². The molecule has 19 heavy (non-hydrogen) atoms. The Morgan fingerprint density at radius 3 is 2.47 bits per heavy atom. The van der Waals surface area contributed by atoms with E-state index < -0.39 is 5.54 Å². The minimum Gasteiger partial charge on any atom is -0.314 e. The number of nitrogens with zero attached hydrogens (tertiary/aromatic N) is 3. The smallest absolute Gasteiger partial charge is 0.246 e. The van der Waals surface area contributed by atoms with Crippen molar-refractivity contribution in [1.29, 1.82) is 0 Å². The van der Waals surface area contributed by atoms with E-state index in [1.54, 1.807) is 17.3 Å². The lowest BCUT2D eigenvalue weighted by Crippen LogP contribution is -2.60. The van der Waals surface area contributed by atoms with Gasteiger partial charge in [-0.3, -0.25) is 14.7 Å². The lowest BCUT2D eigenvalue weighted by molar-refractivity contribution is -0.129. The van der Waals surface area contributed by atoms with E-state index in [1.807, 2.05) is 33.0 Å². The van der Waals surface area contributed by atoms with Gasteiger partial charge in [0.25, 0.3) is 0 Å². The fourth-order valence-corrected chi connectivity index (χ4v) is 2.45. The Bertz CT molecular complexity index is 426. The molecule has 0 bridgehead atoms. The summed E-state index contributed by atoms with van der Waals surface area (Å²) in [4.78, 5) is 20.6. The maximum absolute atomic E-state index is 12.7. The topological polar surface area (TPSA) is 48.5 Å². The Balaban J connectivity index is 2.13. The molecule has 0 unspecified atom stereocenters. The molecular formula is C14H22N4O. The van der Waals surface area contributed by atoms with E-state index in [-0.39, 0.29) is 5.91 Å². The van der Waals surface area contributed by atoms with Crippen molar-refractivity contribution >= 4 is 11.6 Å². The summed E-state index contributed by atoms with van der Waals surface area (Å²) in [6.07, 6.45) is 3.41. The van der Waals surface area contributed by atoms with Gasteiger partial charge in [0, 0.05) is 51.3 Å². The number of amides is 1. The molecule has 5 nitrogen and oxygen atoms in total. The summed E-state index contributed by atoms with van der Waals surface area (Å²) in [6.45, 7) is 7.69. The first-order valence-corrected chi connectivity index (χ1v) is 6.67. The van der Waals surface area contributed by atoms with E-state index in [0.29, 0.717) is 0 Å². The number of aromatic nitrogens is 1. The lowest BCUT2D eigenvalue weighted by Gasteiger charge is -2.41. The summed E-state index contributed by atoms with van der Waals surface area (Å²) in [6, 6.07) is 3.71. The standard InChI is InChI=1S/C14H22N4O/c1-14(2,18-10-8-16-9-11-18)13(19)17(3)12-4-6-15-7-5-12/h4-7,16H,8-11H2,1-3H3. The van der Waals surface area contributed by atoms with E-state index in [9.17, 15) is 4.79 Å². The predicted molar refractivity (Wildman–Crippen MR) is 76.2 cm³/mol. The molecule has 1 aromatic rings. The predicted octanol–water partition coefficient (Wildman–Crippen LogP) is 0.728. The molecule has 1 fully saturated rings. The molecule has 0 atom stereocenters. The number of carbonyl (C=O) groups excluding carboxylic acids is 1. The number of likely N-dealkylation sites (N-methyl/N-ethyl adjacent to an activating group) is 1. The number of pyridine rings is 1. The summed E-state index contributed by atoms with van der Waals surface area (Å²) >= 11 is 0. The Morgan fingerprint density at radius 1 is 1.32 bits per heavy atom. The summed E-state index contributed by atoms with van der Waals surface area (Å²) in [7, 11) is 1.82. The first-order chi connectivity index (χ1) is 9.03. The van der Waals surface area contributed by atoms with Gasteiger partial charge in [0.05, 0.1) is 5.54 Å². The highest BCUT2D eigenvalue weighted by atomic mass is 16.2. The molecule has 2 heterocycles. The highest BCUT2D eigenvalue weighted by Crippen LogP contribution is 2.21. The van der Waals surface area contributed by atoms with Gasteiger partial charge in [-0.05, 0) is 26.0 Å². The van der Waals surface area contributed by atoms with Crippen LogP contribution in [-0.4, -0.2) is 54.6 Å². The quantitative estimate of drug-likeness (QED) is 0.872. The molecule has 1 aliphatic heterocycles. The molecule has 1 aliphatic rings. The zero-order valence-electron chi connectivity index (χ0n) is 11.9. The third-order valence-electron chi connectivity index (χ3n) is 3.79. The van der Waals surface area contributed by atoms with Crippen LogP contribution in [0.2, 0.25) is 0 Å². The van der Waals surface area contributed by atoms with Gasteiger partial charge in [0.15, 0.2) is 0 Å². The highest BCUT2D eigenvalue weighted by Gasteiger charge is 2.37.